The second-order valence-electron chi connectivity index (χ2n) is 8.77. The lowest BCUT2D eigenvalue weighted by molar-refractivity contribution is -0.384. The van der Waals surface area contributed by atoms with Gasteiger partial charge in [0.25, 0.3) is 11.6 Å². The molecule has 1 fully saturated rings. The van der Waals surface area contributed by atoms with Gasteiger partial charge in [-0.05, 0) is 53.7 Å². The van der Waals surface area contributed by atoms with Crippen molar-refractivity contribution in [1.29, 1.82) is 0 Å². The Morgan fingerprint density at radius 2 is 1.63 bits per heavy atom. The van der Waals surface area contributed by atoms with E-state index in [9.17, 15) is 24.5 Å². The van der Waals surface area contributed by atoms with Gasteiger partial charge in [0, 0.05) is 28.8 Å². The summed E-state index contributed by atoms with van der Waals surface area (Å²) in [5.74, 6) is -1.39. The summed E-state index contributed by atoms with van der Waals surface area (Å²) in [6.07, 6.45) is -0.234. The van der Waals surface area contributed by atoms with Crippen molar-refractivity contribution >= 4 is 23.3 Å². The topological polar surface area (TPSA) is 110 Å². The fourth-order valence-corrected chi connectivity index (χ4v) is 3.33. The number of nitro groups is 1. The van der Waals surface area contributed by atoms with Crippen molar-refractivity contribution < 1.29 is 19.3 Å². The largest absolute Gasteiger partial charge is 0.349 e. The highest BCUT2D eigenvalue weighted by molar-refractivity contribution is 6.25. The first-order valence-corrected chi connectivity index (χ1v) is 8.65. The maximum atomic E-state index is 13.3. The molecule has 1 atom stereocenters. The van der Waals surface area contributed by atoms with E-state index in [2.05, 4.69) is 5.32 Å². The summed E-state index contributed by atoms with van der Waals surface area (Å²) in [6.45, 7) is 10.6. The number of nitrogens with zero attached hydrogens (tertiary/aromatic N) is 2. The molecule has 0 radical (unpaired) electrons. The Bertz CT molecular complexity index is 802. The summed E-state index contributed by atoms with van der Waals surface area (Å²) >= 11 is 0. The van der Waals surface area contributed by atoms with E-state index in [1.54, 1.807) is 41.5 Å². The first-order chi connectivity index (χ1) is 12.2. The van der Waals surface area contributed by atoms with Crippen LogP contribution in [0.25, 0.3) is 0 Å². The first kappa shape index (κ1) is 20.5. The minimum absolute atomic E-state index is 0.145. The lowest BCUT2D eigenvalue weighted by Crippen LogP contribution is -2.78. The number of likely N-dealkylation sites (tertiary alicyclic amines) is 1. The van der Waals surface area contributed by atoms with Crippen LogP contribution in [0.2, 0.25) is 0 Å². The van der Waals surface area contributed by atoms with E-state index in [0.717, 1.165) is 0 Å². The van der Waals surface area contributed by atoms with Crippen LogP contribution in [0, 0.1) is 10.1 Å². The fourth-order valence-electron chi connectivity index (χ4n) is 3.33. The first-order valence-electron chi connectivity index (χ1n) is 8.65. The van der Waals surface area contributed by atoms with Gasteiger partial charge in [-0.2, -0.15) is 0 Å². The van der Waals surface area contributed by atoms with Gasteiger partial charge in [0.05, 0.1) is 11.3 Å². The van der Waals surface area contributed by atoms with Crippen molar-refractivity contribution in [3.05, 3.63) is 39.9 Å². The third kappa shape index (κ3) is 3.70. The highest BCUT2D eigenvalue weighted by atomic mass is 16.6. The standard InChI is InChI=1S/C19H25N3O5/c1-17(2,3)20-16(25)19(11-14(23)21(19)18(4,5)6)15(24)12-7-9-13(10-8-12)22(26)27/h7-10H,11H2,1-6H3,(H,20,25). The maximum absolute atomic E-state index is 13.3. The number of non-ortho nitro benzene ring substituents is 1. The highest BCUT2D eigenvalue weighted by Gasteiger charge is 2.65. The van der Waals surface area contributed by atoms with Gasteiger partial charge >= 0.3 is 0 Å². The van der Waals surface area contributed by atoms with Gasteiger partial charge in [0.2, 0.25) is 5.91 Å². The number of ketones is 1. The summed E-state index contributed by atoms with van der Waals surface area (Å²) in [5.41, 5.74) is -3.02. The molecule has 2 amide bonds. The summed E-state index contributed by atoms with van der Waals surface area (Å²) in [7, 11) is 0. The van der Waals surface area contributed by atoms with Gasteiger partial charge in [-0.15, -0.1) is 0 Å². The van der Waals surface area contributed by atoms with E-state index < -0.39 is 33.2 Å². The minimum Gasteiger partial charge on any atom is -0.349 e. The Morgan fingerprint density at radius 3 is 2.00 bits per heavy atom. The summed E-state index contributed by atoms with van der Waals surface area (Å²) < 4.78 is 0. The molecule has 1 saturated heterocycles. The van der Waals surface area contributed by atoms with Crippen LogP contribution < -0.4 is 5.32 Å². The predicted molar refractivity (Wildman–Crippen MR) is 99.3 cm³/mol. The van der Waals surface area contributed by atoms with Gasteiger partial charge < -0.3 is 10.2 Å². The number of rotatable bonds is 4. The molecule has 1 aromatic carbocycles. The minimum atomic E-state index is -1.67. The Hall–Kier alpha value is -2.77. The molecule has 1 aliphatic rings. The molecule has 0 aliphatic carbocycles. The number of carbonyl (C=O) groups excluding carboxylic acids is 3. The summed E-state index contributed by atoms with van der Waals surface area (Å²) in [6, 6.07) is 5.06. The van der Waals surface area contributed by atoms with E-state index in [1.165, 1.54) is 29.2 Å². The molecule has 1 unspecified atom stereocenters. The Morgan fingerprint density at radius 1 is 1.11 bits per heavy atom. The maximum Gasteiger partial charge on any atom is 0.269 e. The van der Waals surface area contributed by atoms with E-state index in [-0.39, 0.29) is 23.6 Å². The van der Waals surface area contributed by atoms with E-state index in [0.29, 0.717) is 0 Å². The average molecular weight is 375 g/mol. The third-order valence-corrected chi connectivity index (χ3v) is 4.29. The monoisotopic (exact) mass is 375 g/mol. The van der Waals surface area contributed by atoms with Gasteiger partial charge in [-0.3, -0.25) is 24.5 Å². The van der Waals surface area contributed by atoms with Crippen LogP contribution in [-0.4, -0.2) is 44.0 Å². The van der Waals surface area contributed by atoms with Crippen LogP contribution in [0.15, 0.2) is 24.3 Å². The quantitative estimate of drug-likeness (QED) is 0.286. The molecule has 8 nitrogen and oxygen atoms in total. The number of β-lactam (4-membered cyclic amide) rings is 1. The van der Waals surface area contributed by atoms with Gasteiger partial charge in [-0.25, -0.2) is 0 Å². The van der Waals surface area contributed by atoms with Crippen molar-refractivity contribution in [3.63, 3.8) is 0 Å². The van der Waals surface area contributed by atoms with Crippen LogP contribution in [0.3, 0.4) is 0 Å². The SMILES string of the molecule is CC(C)(C)NC(=O)C1(C(=O)c2ccc([N+](=O)[O-])cc2)CC(=O)N1C(C)(C)C. The number of nitro benzene ring substituents is 1. The normalized spacial score (nSPS) is 20.1. The molecular weight excluding hydrogens is 350 g/mol. The second kappa shape index (κ2) is 6.44. The zero-order chi connectivity index (χ0) is 20.8. The lowest BCUT2D eigenvalue weighted by atomic mass is 9.73. The van der Waals surface area contributed by atoms with E-state index >= 15 is 0 Å². The predicted octanol–water partition coefficient (Wildman–Crippen LogP) is 2.46. The van der Waals surface area contributed by atoms with Crippen molar-refractivity contribution in [2.45, 2.75) is 64.6 Å². The van der Waals surface area contributed by atoms with Gasteiger partial charge in [0.15, 0.2) is 11.3 Å². The van der Waals surface area contributed by atoms with Crippen LogP contribution in [0.1, 0.15) is 58.3 Å². The van der Waals surface area contributed by atoms with Crippen molar-refractivity contribution in [3.8, 4) is 0 Å². The van der Waals surface area contributed by atoms with Crippen molar-refractivity contribution in [2.75, 3.05) is 0 Å². The molecule has 0 bridgehead atoms. The average Bonchev–Trinajstić information content (AvgIpc) is 2.48. The zero-order valence-electron chi connectivity index (χ0n) is 16.5. The molecule has 1 N–H and O–H groups in total. The number of carbonyl (C=O) groups is 3. The fraction of sp³-hybridized carbons (Fsp3) is 0.526. The van der Waals surface area contributed by atoms with Crippen molar-refractivity contribution in [1.82, 2.24) is 10.2 Å². The van der Waals surface area contributed by atoms with Crippen molar-refractivity contribution in [2.24, 2.45) is 0 Å². The van der Waals surface area contributed by atoms with Gasteiger partial charge in [-0.1, -0.05) is 0 Å². The summed E-state index contributed by atoms with van der Waals surface area (Å²) in [5, 5.41) is 13.6. The number of nitrogens with one attached hydrogen (secondary N) is 1. The number of benzene rings is 1. The van der Waals surface area contributed by atoms with Crippen LogP contribution in [0.5, 0.6) is 0 Å². The second-order valence-corrected chi connectivity index (χ2v) is 8.77. The van der Waals surface area contributed by atoms with Gasteiger partial charge in [0.1, 0.15) is 0 Å². The number of hydrogen-bond acceptors (Lipinski definition) is 5. The molecule has 27 heavy (non-hydrogen) atoms. The summed E-state index contributed by atoms with van der Waals surface area (Å²) in [4.78, 5) is 50.4. The lowest BCUT2D eigenvalue weighted by Gasteiger charge is -2.56. The molecule has 146 valence electrons. The van der Waals surface area contributed by atoms with Crippen LogP contribution in [-0.2, 0) is 9.59 Å². The molecule has 1 aliphatic heterocycles. The van der Waals surface area contributed by atoms with Crippen LogP contribution >= 0.6 is 0 Å². The number of amides is 2. The molecule has 0 saturated carbocycles. The molecule has 2 rings (SSSR count). The zero-order valence-corrected chi connectivity index (χ0v) is 16.5. The smallest absolute Gasteiger partial charge is 0.269 e. The number of Topliss-reactive ketones (excluding diaryl/α,β-unsaturated/α-hetero) is 1. The molecule has 8 heteroatoms. The van der Waals surface area contributed by atoms with E-state index in [1.807, 2.05) is 0 Å². The molecule has 1 heterocycles. The molecule has 1 aromatic rings. The van der Waals surface area contributed by atoms with E-state index in [4.69, 9.17) is 0 Å². The Labute approximate surface area is 158 Å². The highest BCUT2D eigenvalue weighted by Crippen LogP contribution is 2.41. The Kier molecular flexibility index (Phi) is 4.90. The molecule has 0 spiro atoms. The third-order valence-electron chi connectivity index (χ3n) is 4.29. The molecular formula is C19H25N3O5. The Balaban J connectivity index is 2.53. The number of hydrogen-bond donors (Lipinski definition) is 1. The van der Waals surface area contributed by atoms with Crippen LogP contribution in [0.4, 0.5) is 5.69 Å². The molecule has 0 aromatic heterocycles.